The summed E-state index contributed by atoms with van der Waals surface area (Å²) in [5.41, 5.74) is 0. The van der Waals surface area contributed by atoms with Crippen LogP contribution in [0.5, 0.6) is 0 Å². The Morgan fingerprint density at radius 1 is 1.06 bits per heavy atom. The minimum atomic E-state index is -0.274. The molecule has 0 aliphatic rings. The number of allylic oxidation sites excluding steroid dienone is 1. The van der Waals surface area contributed by atoms with Gasteiger partial charge in [0.2, 0.25) is 0 Å². The molecular weight excluding hydrogens is 204 g/mol. The van der Waals surface area contributed by atoms with E-state index in [4.69, 9.17) is 5.11 Å². The highest BCUT2D eigenvalue weighted by Gasteiger charge is 1.92. The fourth-order valence-corrected chi connectivity index (χ4v) is 1.51. The van der Waals surface area contributed by atoms with Crippen molar-refractivity contribution in [2.45, 2.75) is 51.4 Å². The van der Waals surface area contributed by atoms with Gasteiger partial charge in [0.05, 0.1) is 7.11 Å². The zero-order valence-electron chi connectivity index (χ0n) is 10.3. The maximum Gasteiger partial charge on any atom is 0.330 e. The average molecular weight is 228 g/mol. The predicted octanol–water partition coefficient (Wildman–Crippen LogP) is 2.83. The second-order valence-corrected chi connectivity index (χ2v) is 3.91. The normalized spacial score (nSPS) is 10.9. The van der Waals surface area contributed by atoms with Gasteiger partial charge in [0.1, 0.15) is 0 Å². The van der Waals surface area contributed by atoms with Crippen LogP contribution in [0.3, 0.4) is 0 Å². The summed E-state index contributed by atoms with van der Waals surface area (Å²) in [6.07, 6.45) is 12.4. The van der Waals surface area contributed by atoms with E-state index >= 15 is 0 Å². The number of hydrogen-bond acceptors (Lipinski definition) is 3. The van der Waals surface area contributed by atoms with E-state index in [0.717, 1.165) is 25.7 Å². The summed E-state index contributed by atoms with van der Waals surface area (Å²) < 4.78 is 4.49. The molecule has 94 valence electrons. The SMILES string of the molecule is COC(=O)C=CCCCCCCCCCO. The third-order valence-corrected chi connectivity index (χ3v) is 2.48. The molecule has 0 unspecified atom stereocenters. The topological polar surface area (TPSA) is 46.5 Å². The zero-order valence-corrected chi connectivity index (χ0v) is 10.3. The average Bonchev–Trinajstić information content (AvgIpc) is 2.31. The Kier molecular flexibility index (Phi) is 11.6. The summed E-state index contributed by atoms with van der Waals surface area (Å²) >= 11 is 0. The van der Waals surface area contributed by atoms with Crippen molar-refractivity contribution in [1.82, 2.24) is 0 Å². The van der Waals surface area contributed by atoms with E-state index in [1.54, 1.807) is 0 Å². The highest BCUT2D eigenvalue weighted by Crippen LogP contribution is 2.08. The van der Waals surface area contributed by atoms with Crippen LogP contribution in [0.15, 0.2) is 12.2 Å². The first-order chi connectivity index (χ1) is 7.81. The van der Waals surface area contributed by atoms with Gasteiger partial charge in [-0.15, -0.1) is 0 Å². The minimum Gasteiger partial charge on any atom is -0.466 e. The molecule has 0 aromatic heterocycles. The molecule has 0 saturated carbocycles. The Bertz CT molecular complexity index is 188. The van der Waals surface area contributed by atoms with Crippen LogP contribution in [-0.2, 0) is 9.53 Å². The molecule has 0 radical (unpaired) electrons. The monoisotopic (exact) mass is 228 g/mol. The van der Waals surface area contributed by atoms with Crippen molar-refractivity contribution >= 4 is 5.97 Å². The van der Waals surface area contributed by atoms with E-state index in [0.29, 0.717) is 6.61 Å². The van der Waals surface area contributed by atoms with Crippen LogP contribution in [0, 0.1) is 0 Å². The van der Waals surface area contributed by atoms with E-state index in [-0.39, 0.29) is 5.97 Å². The molecule has 0 amide bonds. The van der Waals surface area contributed by atoms with Crippen LogP contribution in [-0.4, -0.2) is 24.8 Å². The molecule has 0 aliphatic heterocycles. The van der Waals surface area contributed by atoms with Gasteiger partial charge in [-0.2, -0.15) is 0 Å². The van der Waals surface area contributed by atoms with Crippen molar-refractivity contribution in [2.75, 3.05) is 13.7 Å². The van der Waals surface area contributed by atoms with Gasteiger partial charge in [-0.1, -0.05) is 38.2 Å². The quantitative estimate of drug-likeness (QED) is 0.355. The summed E-state index contributed by atoms with van der Waals surface area (Å²) in [4.78, 5) is 10.7. The van der Waals surface area contributed by atoms with Gasteiger partial charge in [0.25, 0.3) is 0 Å². The number of methoxy groups -OCH3 is 1. The second-order valence-electron chi connectivity index (χ2n) is 3.91. The highest BCUT2D eigenvalue weighted by atomic mass is 16.5. The second kappa shape index (κ2) is 12.2. The van der Waals surface area contributed by atoms with Crippen LogP contribution in [0.1, 0.15) is 51.4 Å². The number of esters is 1. The molecule has 16 heavy (non-hydrogen) atoms. The van der Waals surface area contributed by atoms with E-state index in [9.17, 15) is 4.79 Å². The maximum absolute atomic E-state index is 10.7. The van der Waals surface area contributed by atoms with E-state index in [2.05, 4.69) is 4.74 Å². The first-order valence-corrected chi connectivity index (χ1v) is 6.16. The first kappa shape index (κ1) is 15.2. The molecular formula is C13H24O3. The predicted molar refractivity (Wildman–Crippen MR) is 65.2 cm³/mol. The van der Waals surface area contributed by atoms with Gasteiger partial charge in [-0.25, -0.2) is 4.79 Å². The molecule has 0 atom stereocenters. The van der Waals surface area contributed by atoms with E-state index in [1.807, 2.05) is 6.08 Å². The Balaban J connectivity index is 3.09. The van der Waals surface area contributed by atoms with Crippen molar-refractivity contribution in [3.05, 3.63) is 12.2 Å². The largest absolute Gasteiger partial charge is 0.466 e. The van der Waals surface area contributed by atoms with Crippen molar-refractivity contribution in [3.8, 4) is 0 Å². The molecule has 0 saturated heterocycles. The van der Waals surface area contributed by atoms with E-state index in [1.165, 1.54) is 38.9 Å². The van der Waals surface area contributed by atoms with Gasteiger partial charge in [0, 0.05) is 12.7 Å². The molecule has 0 aromatic rings. The van der Waals surface area contributed by atoms with E-state index < -0.39 is 0 Å². The summed E-state index contributed by atoms with van der Waals surface area (Å²) in [7, 11) is 1.39. The van der Waals surface area contributed by atoms with Gasteiger partial charge >= 0.3 is 5.97 Å². The lowest BCUT2D eigenvalue weighted by Crippen LogP contribution is -1.93. The Labute approximate surface area is 98.5 Å². The Morgan fingerprint density at radius 3 is 2.19 bits per heavy atom. The number of aliphatic hydroxyl groups is 1. The Hall–Kier alpha value is -0.830. The third-order valence-electron chi connectivity index (χ3n) is 2.48. The van der Waals surface area contributed by atoms with Crippen molar-refractivity contribution in [2.24, 2.45) is 0 Å². The smallest absolute Gasteiger partial charge is 0.330 e. The highest BCUT2D eigenvalue weighted by molar-refractivity contribution is 5.81. The molecule has 0 heterocycles. The molecule has 0 spiro atoms. The van der Waals surface area contributed by atoms with Crippen molar-refractivity contribution < 1.29 is 14.6 Å². The lowest BCUT2D eigenvalue weighted by atomic mass is 10.1. The number of aliphatic hydroxyl groups excluding tert-OH is 1. The van der Waals surface area contributed by atoms with Crippen LogP contribution in [0.25, 0.3) is 0 Å². The van der Waals surface area contributed by atoms with Gasteiger partial charge in [-0.05, 0) is 19.3 Å². The lowest BCUT2D eigenvalue weighted by molar-refractivity contribution is -0.134. The molecule has 0 bridgehead atoms. The van der Waals surface area contributed by atoms with Crippen molar-refractivity contribution in [1.29, 1.82) is 0 Å². The molecule has 0 rings (SSSR count). The third kappa shape index (κ3) is 11.2. The Morgan fingerprint density at radius 2 is 1.62 bits per heavy atom. The standard InChI is InChI=1S/C13H24O3/c1-16-13(15)11-9-7-5-3-2-4-6-8-10-12-14/h9,11,14H,2-8,10,12H2,1H3. The lowest BCUT2D eigenvalue weighted by Gasteiger charge is -1.99. The summed E-state index contributed by atoms with van der Waals surface area (Å²) in [5.74, 6) is -0.274. The molecule has 0 aliphatic carbocycles. The summed E-state index contributed by atoms with van der Waals surface area (Å²) in [5, 5.41) is 8.59. The molecule has 0 fully saturated rings. The number of unbranched alkanes of at least 4 members (excludes halogenated alkanes) is 7. The number of hydrogen-bond donors (Lipinski definition) is 1. The number of rotatable bonds is 10. The zero-order chi connectivity index (χ0) is 12.1. The van der Waals surface area contributed by atoms with Crippen LogP contribution in [0.4, 0.5) is 0 Å². The van der Waals surface area contributed by atoms with Gasteiger partial charge in [-0.3, -0.25) is 0 Å². The first-order valence-electron chi connectivity index (χ1n) is 6.16. The fraction of sp³-hybridized carbons (Fsp3) is 0.769. The van der Waals surface area contributed by atoms with Crippen molar-refractivity contribution in [3.63, 3.8) is 0 Å². The van der Waals surface area contributed by atoms with Crippen LogP contribution < -0.4 is 0 Å². The maximum atomic E-state index is 10.7. The molecule has 0 aromatic carbocycles. The number of carbonyl (C=O) groups excluding carboxylic acids is 1. The number of carbonyl (C=O) groups is 1. The van der Waals surface area contributed by atoms with Gasteiger partial charge < -0.3 is 9.84 Å². The summed E-state index contributed by atoms with van der Waals surface area (Å²) in [6, 6.07) is 0. The van der Waals surface area contributed by atoms with Crippen LogP contribution >= 0.6 is 0 Å². The minimum absolute atomic E-state index is 0.274. The fourth-order valence-electron chi connectivity index (χ4n) is 1.51. The molecule has 1 N–H and O–H groups in total. The van der Waals surface area contributed by atoms with Gasteiger partial charge in [0.15, 0.2) is 0 Å². The number of ether oxygens (including phenoxy) is 1. The molecule has 3 heteroatoms. The molecule has 3 nitrogen and oxygen atoms in total. The summed E-state index contributed by atoms with van der Waals surface area (Å²) in [6.45, 7) is 0.318. The van der Waals surface area contributed by atoms with Crippen LogP contribution in [0.2, 0.25) is 0 Å².